The zero-order valence-electron chi connectivity index (χ0n) is 12.9. The van der Waals surface area contributed by atoms with Crippen molar-refractivity contribution in [3.8, 4) is 10.8 Å². The Hall–Kier alpha value is -2.45. The first-order chi connectivity index (χ1) is 11.3. The predicted molar refractivity (Wildman–Crippen MR) is 92.1 cm³/mol. The van der Waals surface area contributed by atoms with Gasteiger partial charge in [-0.1, -0.05) is 6.07 Å². The molecule has 8 heteroatoms. The number of aromatic nitrogens is 1. The molecule has 0 radical (unpaired) electrons. The fourth-order valence-corrected chi connectivity index (χ4v) is 3.46. The third-order valence-corrected chi connectivity index (χ3v) is 5.32. The van der Waals surface area contributed by atoms with Gasteiger partial charge in [0.25, 0.3) is 5.91 Å². The molecule has 2 heterocycles. The average molecular weight is 362 g/mol. The van der Waals surface area contributed by atoms with Crippen LogP contribution < -0.4 is 5.32 Å². The first-order valence-corrected chi connectivity index (χ1v) is 9.73. The number of benzene rings is 1. The molecule has 0 unspecified atom stereocenters. The molecule has 0 aliphatic rings. The molecule has 3 aromatic rings. The van der Waals surface area contributed by atoms with Crippen LogP contribution in [0.1, 0.15) is 16.1 Å². The zero-order chi connectivity index (χ0) is 17.3. The SMILES string of the molecule is Cc1ccc(S(C)(=O)=O)cc1NC(=O)c1csc(-c2ccco2)n1. The number of rotatable bonds is 4. The van der Waals surface area contributed by atoms with E-state index >= 15 is 0 Å². The molecule has 124 valence electrons. The standard InChI is InChI=1S/C16H14N2O4S2/c1-10-5-6-11(24(2,20)21)8-12(10)17-15(19)13-9-23-16(18-13)14-4-3-7-22-14/h3-9H,1-2H3,(H,17,19). The second kappa shape index (κ2) is 6.21. The molecule has 0 saturated carbocycles. The Bertz CT molecular complexity index is 989. The number of sulfone groups is 1. The van der Waals surface area contributed by atoms with Crippen molar-refractivity contribution in [2.45, 2.75) is 11.8 Å². The van der Waals surface area contributed by atoms with Crippen LogP contribution in [-0.2, 0) is 9.84 Å². The first-order valence-electron chi connectivity index (χ1n) is 6.96. The molecule has 1 N–H and O–H groups in total. The largest absolute Gasteiger partial charge is 0.462 e. The van der Waals surface area contributed by atoms with Crippen LogP contribution in [0.2, 0.25) is 0 Å². The van der Waals surface area contributed by atoms with Crippen molar-refractivity contribution in [1.82, 2.24) is 4.98 Å². The summed E-state index contributed by atoms with van der Waals surface area (Å²) in [6.45, 7) is 1.79. The van der Waals surface area contributed by atoms with Gasteiger partial charge in [-0.05, 0) is 36.8 Å². The molecule has 0 fully saturated rings. The second-order valence-electron chi connectivity index (χ2n) is 5.22. The van der Waals surface area contributed by atoms with Crippen molar-refractivity contribution < 1.29 is 17.6 Å². The average Bonchev–Trinajstić information content (AvgIpc) is 3.19. The van der Waals surface area contributed by atoms with Crippen molar-refractivity contribution >= 4 is 32.8 Å². The molecule has 0 spiro atoms. The molecule has 0 bridgehead atoms. The summed E-state index contributed by atoms with van der Waals surface area (Å²) in [7, 11) is -3.35. The highest BCUT2D eigenvalue weighted by molar-refractivity contribution is 7.90. The Morgan fingerprint density at radius 3 is 2.75 bits per heavy atom. The molecule has 24 heavy (non-hydrogen) atoms. The number of amides is 1. The van der Waals surface area contributed by atoms with Gasteiger partial charge in [0.2, 0.25) is 0 Å². The van der Waals surface area contributed by atoms with E-state index in [0.717, 1.165) is 11.8 Å². The van der Waals surface area contributed by atoms with E-state index in [1.54, 1.807) is 30.5 Å². The molecule has 0 saturated heterocycles. The molecule has 2 aromatic heterocycles. The lowest BCUT2D eigenvalue weighted by molar-refractivity contribution is 0.102. The van der Waals surface area contributed by atoms with Gasteiger partial charge in [-0.3, -0.25) is 4.79 Å². The van der Waals surface area contributed by atoms with Crippen molar-refractivity contribution in [3.05, 3.63) is 53.2 Å². The van der Waals surface area contributed by atoms with Gasteiger partial charge in [-0.15, -0.1) is 11.3 Å². The van der Waals surface area contributed by atoms with Crippen LogP contribution in [0.4, 0.5) is 5.69 Å². The maximum absolute atomic E-state index is 12.4. The van der Waals surface area contributed by atoms with Crippen molar-refractivity contribution in [1.29, 1.82) is 0 Å². The molecule has 0 aliphatic heterocycles. The van der Waals surface area contributed by atoms with Crippen LogP contribution in [-0.4, -0.2) is 25.6 Å². The van der Waals surface area contributed by atoms with Crippen molar-refractivity contribution in [3.63, 3.8) is 0 Å². The summed E-state index contributed by atoms with van der Waals surface area (Å²) in [4.78, 5) is 16.8. The molecule has 1 aromatic carbocycles. The zero-order valence-corrected chi connectivity index (χ0v) is 14.6. The summed E-state index contributed by atoms with van der Waals surface area (Å²) >= 11 is 1.30. The lowest BCUT2D eigenvalue weighted by Gasteiger charge is -2.09. The lowest BCUT2D eigenvalue weighted by Crippen LogP contribution is -2.13. The van der Waals surface area contributed by atoms with Crippen LogP contribution in [0.15, 0.2) is 51.3 Å². The van der Waals surface area contributed by atoms with Crippen molar-refractivity contribution in [2.24, 2.45) is 0 Å². The van der Waals surface area contributed by atoms with Gasteiger partial charge in [0.1, 0.15) is 5.69 Å². The van der Waals surface area contributed by atoms with Gasteiger partial charge >= 0.3 is 0 Å². The number of hydrogen-bond acceptors (Lipinski definition) is 6. The fourth-order valence-electron chi connectivity index (χ4n) is 2.04. The first kappa shape index (κ1) is 16.4. The van der Waals surface area contributed by atoms with E-state index in [1.165, 1.54) is 29.7 Å². The summed E-state index contributed by atoms with van der Waals surface area (Å²) in [5, 5.41) is 4.94. The molecule has 6 nitrogen and oxygen atoms in total. The van der Waals surface area contributed by atoms with E-state index < -0.39 is 15.7 Å². The van der Waals surface area contributed by atoms with Gasteiger partial charge in [0, 0.05) is 17.3 Å². The van der Waals surface area contributed by atoms with Crippen LogP contribution in [0.5, 0.6) is 0 Å². The number of carbonyl (C=O) groups is 1. The number of hydrogen-bond donors (Lipinski definition) is 1. The van der Waals surface area contributed by atoms with E-state index in [9.17, 15) is 13.2 Å². The second-order valence-corrected chi connectivity index (χ2v) is 8.09. The van der Waals surface area contributed by atoms with Crippen LogP contribution in [0, 0.1) is 6.92 Å². The number of nitrogens with one attached hydrogen (secondary N) is 1. The fraction of sp³-hybridized carbons (Fsp3) is 0.125. The highest BCUT2D eigenvalue weighted by Gasteiger charge is 2.16. The molecule has 1 amide bonds. The molecular weight excluding hydrogens is 348 g/mol. The van der Waals surface area contributed by atoms with E-state index in [1.807, 2.05) is 0 Å². The minimum Gasteiger partial charge on any atom is -0.462 e. The third-order valence-electron chi connectivity index (χ3n) is 3.35. The summed E-state index contributed by atoms with van der Waals surface area (Å²) in [5.74, 6) is 0.187. The molecular formula is C16H14N2O4S2. The quantitative estimate of drug-likeness (QED) is 0.768. The number of carbonyl (C=O) groups excluding carboxylic acids is 1. The summed E-state index contributed by atoms with van der Waals surface area (Å²) in [5.41, 5.74) is 1.45. The number of nitrogens with zero attached hydrogens (tertiary/aromatic N) is 1. The Morgan fingerprint density at radius 1 is 1.29 bits per heavy atom. The van der Waals surface area contributed by atoms with E-state index in [0.29, 0.717) is 16.5 Å². The number of anilines is 1. The Kier molecular flexibility index (Phi) is 4.25. The highest BCUT2D eigenvalue weighted by atomic mass is 32.2. The van der Waals surface area contributed by atoms with Crippen LogP contribution >= 0.6 is 11.3 Å². The van der Waals surface area contributed by atoms with Gasteiger partial charge in [-0.25, -0.2) is 13.4 Å². The topological polar surface area (TPSA) is 89.3 Å². The molecule has 3 rings (SSSR count). The van der Waals surface area contributed by atoms with Crippen LogP contribution in [0.3, 0.4) is 0 Å². The monoisotopic (exact) mass is 362 g/mol. The number of thiazole rings is 1. The van der Waals surface area contributed by atoms with Crippen molar-refractivity contribution in [2.75, 3.05) is 11.6 Å². The summed E-state index contributed by atoms with van der Waals surface area (Å²) in [6, 6.07) is 8.12. The third kappa shape index (κ3) is 3.39. The number of furan rings is 1. The predicted octanol–water partition coefficient (Wildman–Crippen LogP) is 3.37. The summed E-state index contributed by atoms with van der Waals surface area (Å²) in [6.07, 6.45) is 2.66. The highest BCUT2D eigenvalue weighted by Crippen LogP contribution is 2.25. The van der Waals surface area contributed by atoms with Gasteiger partial charge in [0.05, 0.1) is 11.2 Å². The Labute approximate surface area is 143 Å². The Morgan fingerprint density at radius 2 is 2.08 bits per heavy atom. The van der Waals surface area contributed by atoms with Gasteiger partial charge < -0.3 is 9.73 Å². The summed E-state index contributed by atoms with van der Waals surface area (Å²) < 4.78 is 28.6. The maximum Gasteiger partial charge on any atom is 0.275 e. The van der Waals surface area contributed by atoms with Crippen LogP contribution in [0.25, 0.3) is 10.8 Å². The normalized spacial score (nSPS) is 11.4. The van der Waals surface area contributed by atoms with Gasteiger partial charge in [0.15, 0.2) is 20.6 Å². The smallest absolute Gasteiger partial charge is 0.275 e. The lowest BCUT2D eigenvalue weighted by atomic mass is 10.2. The molecule has 0 atom stereocenters. The number of aryl methyl sites for hydroxylation is 1. The molecule has 0 aliphatic carbocycles. The minimum atomic E-state index is -3.35. The Balaban J connectivity index is 1.85. The minimum absolute atomic E-state index is 0.151. The van der Waals surface area contributed by atoms with E-state index in [4.69, 9.17) is 4.42 Å². The maximum atomic E-state index is 12.4. The van der Waals surface area contributed by atoms with Gasteiger partial charge in [-0.2, -0.15) is 0 Å². The van der Waals surface area contributed by atoms with E-state index in [-0.39, 0.29) is 10.6 Å². The van der Waals surface area contributed by atoms with E-state index in [2.05, 4.69) is 10.3 Å².